The Morgan fingerprint density at radius 3 is 2.65 bits per heavy atom. The van der Waals surface area contributed by atoms with Crippen molar-refractivity contribution in [1.29, 1.82) is 0 Å². The lowest BCUT2D eigenvalue weighted by Gasteiger charge is -2.24. The first-order valence-electron chi connectivity index (χ1n) is 10.7. The number of hydrogen-bond acceptors (Lipinski definition) is 4. The number of nitrogens with one attached hydrogen (secondary N) is 1. The van der Waals surface area contributed by atoms with E-state index >= 15 is 0 Å². The maximum Gasteiger partial charge on any atom is 0.193 e. The normalized spacial score (nSPS) is 15.9. The van der Waals surface area contributed by atoms with Gasteiger partial charge in [-0.05, 0) is 49.1 Å². The zero-order chi connectivity index (χ0) is 21.3. The van der Waals surface area contributed by atoms with Crippen molar-refractivity contribution in [3.05, 3.63) is 54.1 Å². The number of benzene rings is 2. The number of guanidine groups is 1. The zero-order valence-electron chi connectivity index (χ0n) is 19.0. The minimum atomic E-state index is 0. The lowest BCUT2D eigenvalue weighted by Crippen LogP contribution is -2.41. The Kier molecular flexibility index (Phi) is 10.2. The number of anilines is 1. The van der Waals surface area contributed by atoms with E-state index in [0.29, 0.717) is 12.5 Å². The maximum atomic E-state index is 5.52. The summed E-state index contributed by atoms with van der Waals surface area (Å²) in [6, 6.07) is 16.6. The van der Waals surface area contributed by atoms with Crippen molar-refractivity contribution in [2.75, 3.05) is 52.3 Å². The highest BCUT2D eigenvalue weighted by atomic mass is 127. The molecular formula is C24H35IN4O2. The van der Waals surface area contributed by atoms with Gasteiger partial charge in [0.1, 0.15) is 11.5 Å². The van der Waals surface area contributed by atoms with E-state index in [0.717, 1.165) is 43.6 Å². The second-order valence-corrected chi connectivity index (χ2v) is 7.66. The molecule has 1 N–H and O–H groups in total. The van der Waals surface area contributed by atoms with E-state index in [1.165, 1.54) is 17.7 Å². The molecular weight excluding hydrogens is 503 g/mol. The van der Waals surface area contributed by atoms with Gasteiger partial charge in [-0.2, -0.15) is 0 Å². The van der Waals surface area contributed by atoms with Crippen molar-refractivity contribution in [2.45, 2.75) is 19.9 Å². The standard InChI is InChI=1S/C24H34N4O2.HI/c1-5-30-22-11-9-19(10-12-22)17-27(3)24(25-2)26-16-20-13-14-28(18-20)21-7-6-8-23(15-21)29-4;/h6-12,15,20H,5,13-14,16-18H2,1-4H3,(H,25,26);1H. The maximum absolute atomic E-state index is 5.52. The molecule has 3 rings (SSSR count). The van der Waals surface area contributed by atoms with Gasteiger partial charge in [0.05, 0.1) is 13.7 Å². The molecule has 7 heteroatoms. The summed E-state index contributed by atoms with van der Waals surface area (Å²) in [4.78, 5) is 9.06. The lowest BCUT2D eigenvalue weighted by molar-refractivity contribution is 0.340. The van der Waals surface area contributed by atoms with Crippen LogP contribution in [-0.2, 0) is 6.54 Å². The van der Waals surface area contributed by atoms with Gasteiger partial charge >= 0.3 is 0 Å². The van der Waals surface area contributed by atoms with E-state index in [4.69, 9.17) is 9.47 Å². The van der Waals surface area contributed by atoms with Crippen LogP contribution >= 0.6 is 24.0 Å². The van der Waals surface area contributed by atoms with Crippen LogP contribution in [0, 0.1) is 5.92 Å². The van der Waals surface area contributed by atoms with Crippen LogP contribution in [0.3, 0.4) is 0 Å². The average molecular weight is 538 g/mol. The fourth-order valence-corrected chi connectivity index (χ4v) is 3.87. The molecule has 1 atom stereocenters. The zero-order valence-corrected chi connectivity index (χ0v) is 21.3. The molecule has 0 aliphatic carbocycles. The number of methoxy groups -OCH3 is 1. The first-order chi connectivity index (χ1) is 14.6. The summed E-state index contributed by atoms with van der Waals surface area (Å²) in [6.07, 6.45) is 1.17. The second kappa shape index (κ2) is 12.6. The van der Waals surface area contributed by atoms with E-state index in [1.54, 1.807) is 7.11 Å². The highest BCUT2D eigenvalue weighted by Gasteiger charge is 2.23. The summed E-state index contributed by atoms with van der Waals surface area (Å²) in [5, 5.41) is 3.56. The van der Waals surface area contributed by atoms with Crippen molar-refractivity contribution in [3.8, 4) is 11.5 Å². The molecule has 1 fully saturated rings. The minimum Gasteiger partial charge on any atom is -0.497 e. The van der Waals surface area contributed by atoms with Gasteiger partial charge in [-0.15, -0.1) is 24.0 Å². The Bertz CT molecular complexity index is 829. The van der Waals surface area contributed by atoms with Gasteiger partial charge in [0.2, 0.25) is 0 Å². The minimum absolute atomic E-state index is 0. The van der Waals surface area contributed by atoms with Gasteiger partial charge in [-0.3, -0.25) is 4.99 Å². The fraction of sp³-hybridized carbons (Fsp3) is 0.458. The molecule has 0 bridgehead atoms. The Morgan fingerprint density at radius 1 is 1.19 bits per heavy atom. The third-order valence-electron chi connectivity index (χ3n) is 5.48. The molecule has 2 aromatic carbocycles. The molecule has 0 spiro atoms. The topological polar surface area (TPSA) is 49.3 Å². The van der Waals surface area contributed by atoms with E-state index in [-0.39, 0.29) is 24.0 Å². The quantitative estimate of drug-likeness (QED) is 0.310. The van der Waals surface area contributed by atoms with Gasteiger partial charge in [0, 0.05) is 52.0 Å². The summed E-state index contributed by atoms with van der Waals surface area (Å²) in [5.41, 5.74) is 2.46. The predicted molar refractivity (Wildman–Crippen MR) is 139 cm³/mol. The Labute approximate surface area is 203 Å². The molecule has 0 saturated carbocycles. The van der Waals surface area contributed by atoms with E-state index in [9.17, 15) is 0 Å². The first-order valence-corrected chi connectivity index (χ1v) is 10.7. The summed E-state index contributed by atoms with van der Waals surface area (Å²) < 4.78 is 10.9. The number of hydrogen-bond donors (Lipinski definition) is 1. The largest absolute Gasteiger partial charge is 0.497 e. The van der Waals surface area contributed by atoms with Crippen molar-refractivity contribution in [1.82, 2.24) is 10.2 Å². The Hall–Kier alpha value is -2.16. The van der Waals surface area contributed by atoms with E-state index in [1.807, 2.05) is 32.2 Å². The van der Waals surface area contributed by atoms with Crippen LogP contribution < -0.4 is 19.7 Å². The molecule has 0 radical (unpaired) electrons. The molecule has 1 unspecified atom stereocenters. The Morgan fingerprint density at radius 2 is 1.97 bits per heavy atom. The van der Waals surface area contributed by atoms with Crippen LogP contribution in [0.25, 0.3) is 0 Å². The fourth-order valence-electron chi connectivity index (χ4n) is 3.87. The van der Waals surface area contributed by atoms with Crippen LogP contribution in [0.2, 0.25) is 0 Å². The number of aliphatic imine (C=N–C) groups is 1. The van der Waals surface area contributed by atoms with Crippen molar-refractivity contribution in [3.63, 3.8) is 0 Å². The van der Waals surface area contributed by atoms with E-state index < -0.39 is 0 Å². The number of ether oxygens (including phenoxy) is 2. The van der Waals surface area contributed by atoms with Crippen LogP contribution in [0.1, 0.15) is 18.9 Å². The summed E-state index contributed by atoms with van der Waals surface area (Å²) >= 11 is 0. The molecule has 1 aliphatic heterocycles. The molecule has 1 aliphatic rings. The van der Waals surface area contributed by atoms with Gasteiger partial charge in [0.15, 0.2) is 5.96 Å². The van der Waals surface area contributed by atoms with Crippen molar-refractivity contribution in [2.24, 2.45) is 10.9 Å². The predicted octanol–water partition coefficient (Wildman–Crippen LogP) is 4.25. The summed E-state index contributed by atoms with van der Waals surface area (Å²) in [7, 11) is 5.63. The molecule has 0 amide bonds. The highest BCUT2D eigenvalue weighted by Crippen LogP contribution is 2.26. The van der Waals surface area contributed by atoms with Gasteiger partial charge in [-0.1, -0.05) is 18.2 Å². The van der Waals surface area contributed by atoms with Crippen LogP contribution in [-0.4, -0.2) is 58.3 Å². The SMILES string of the molecule is CCOc1ccc(CN(C)C(=NC)NCC2CCN(c3cccc(OC)c3)C2)cc1.I. The third-order valence-corrected chi connectivity index (χ3v) is 5.48. The van der Waals surface area contributed by atoms with Gasteiger partial charge in [-0.25, -0.2) is 0 Å². The molecule has 170 valence electrons. The molecule has 6 nitrogen and oxygen atoms in total. The summed E-state index contributed by atoms with van der Waals surface area (Å²) in [5.74, 6) is 3.33. The number of halogens is 1. The van der Waals surface area contributed by atoms with E-state index in [2.05, 4.69) is 57.5 Å². The average Bonchev–Trinajstić information content (AvgIpc) is 3.25. The number of rotatable bonds is 8. The smallest absolute Gasteiger partial charge is 0.193 e. The highest BCUT2D eigenvalue weighted by molar-refractivity contribution is 14.0. The summed E-state index contributed by atoms with van der Waals surface area (Å²) in [6.45, 7) is 6.51. The second-order valence-electron chi connectivity index (χ2n) is 7.66. The van der Waals surface area contributed by atoms with Crippen LogP contribution in [0.4, 0.5) is 5.69 Å². The third kappa shape index (κ3) is 7.19. The first kappa shape index (κ1) is 25.1. The molecule has 0 aromatic heterocycles. The Balaban J connectivity index is 0.00000341. The molecule has 1 heterocycles. The molecule has 1 saturated heterocycles. The molecule has 2 aromatic rings. The van der Waals surface area contributed by atoms with Crippen molar-refractivity contribution >= 4 is 35.6 Å². The van der Waals surface area contributed by atoms with Crippen molar-refractivity contribution < 1.29 is 9.47 Å². The number of nitrogens with zero attached hydrogens (tertiary/aromatic N) is 3. The van der Waals surface area contributed by atoms with Gasteiger partial charge in [0.25, 0.3) is 0 Å². The van der Waals surface area contributed by atoms with Crippen LogP contribution in [0.5, 0.6) is 11.5 Å². The van der Waals surface area contributed by atoms with Crippen LogP contribution in [0.15, 0.2) is 53.5 Å². The van der Waals surface area contributed by atoms with Gasteiger partial charge < -0.3 is 24.6 Å². The molecule has 31 heavy (non-hydrogen) atoms. The monoisotopic (exact) mass is 538 g/mol. The lowest BCUT2D eigenvalue weighted by atomic mass is 10.1.